The first kappa shape index (κ1) is 19.8. The number of carbonyl (C=O) groups is 1. The summed E-state index contributed by atoms with van der Waals surface area (Å²) in [5.74, 6) is 0.705. The number of hydrogen-bond acceptors (Lipinski definition) is 5. The maximum Gasteiger partial charge on any atom is 0.253 e. The summed E-state index contributed by atoms with van der Waals surface area (Å²) in [6, 6.07) is 4.00. The molecule has 1 saturated heterocycles. The van der Waals surface area contributed by atoms with E-state index in [-0.39, 0.29) is 11.9 Å². The molecule has 0 bridgehead atoms. The standard InChI is InChI=1S/C21H34N4O2/c1-14-4-6-15(7-5-14)24-20(26)16-12-17(22)18(23-3)13-19(16)25-10-8-21(2,27)9-11-25/h12-15,23,27H,4-11,22H2,1-3H3,(H,24,26). The maximum absolute atomic E-state index is 13.1. The molecule has 0 unspecified atom stereocenters. The number of nitrogens with two attached hydrogens (primary N) is 1. The van der Waals surface area contributed by atoms with Gasteiger partial charge in [-0.1, -0.05) is 6.92 Å². The van der Waals surface area contributed by atoms with E-state index in [1.807, 2.05) is 20.0 Å². The van der Waals surface area contributed by atoms with Crippen molar-refractivity contribution in [1.29, 1.82) is 0 Å². The van der Waals surface area contributed by atoms with E-state index in [0.717, 1.165) is 43.2 Å². The number of nitrogen functional groups attached to an aromatic ring is 1. The molecule has 1 aromatic carbocycles. The molecule has 6 nitrogen and oxygen atoms in total. The first-order chi connectivity index (χ1) is 12.8. The lowest BCUT2D eigenvalue weighted by Gasteiger charge is -2.38. The Bertz CT molecular complexity index is 671. The molecule has 0 aromatic heterocycles. The van der Waals surface area contributed by atoms with E-state index < -0.39 is 5.60 Å². The predicted molar refractivity (Wildman–Crippen MR) is 111 cm³/mol. The molecule has 1 saturated carbocycles. The SMILES string of the molecule is CNc1cc(N2CCC(C)(O)CC2)c(C(=O)NC2CCC(C)CC2)cc1N. The zero-order valence-electron chi connectivity index (χ0n) is 16.8. The molecule has 0 spiro atoms. The molecule has 3 rings (SSSR count). The van der Waals surface area contributed by atoms with E-state index in [1.54, 1.807) is 6.07 Å². The van der Waals surface area contributed by atoms with Crippen molar-refractivity contribution in [3.63, 3.8) is 0 Å². The third-order valence-electron chi connectivity index (χ3n) is 6.21. The van der Waals surface area contributed by atoms with E-state index in [9.17, 15) is 9.90 Å². The van der Waals surface area contributed by atoms with Gasteiger partial charge in [-0.25, -0.2) is 0 Å². The largest absolute Gasteiger partial charge is 0.397 e. The van der Waals surface area contributed by atoms with Crippen molar-refractivity contribution in [3.05, 3.63) is 17.7 Å². The van der Waals surface area contributed by atoms with Crippen molar-refractivity contribution in [2.75, 3.05) is 36.1 Å². The van der Waals surface area contributed by atoms with Crippen LogP contribution in [0.5, 0.6) is 0 Å². The van der Waals surface area contributed by atoms with E-state index in [4.69, 9.17) is 5.73 Å². The van der Waals surface area contributed by atoms with Crippen molar-refractivity contribution in [2.24, 2.45) is 5.92 Å². The predicted octanol–water partition coefficient (Wildman–Crippen LogP) is 2.97. The van der Waals surface area contributed by atoms with Crippen LogP contribution in [-0.4, -0.2) is 42.8 Å². The van der Waals surface area contributed by atoms with Crippen LogP contribution >= 0.6 is 0 Å². The van der Waals surface area contributed by atoms with E-state index in [0.29, 0.717) is 24.1 Å². The average molecular weight is 375 g/mol. The lowest BCUT2D eigenvalue weighted by Crippen LogP contribution is -2.44. The normalized spacial score (nSPS) is 25.1. The van der Waals surface area contributed by atoms with Gasteiger partial charge in [0.05, 0.1) is 28.2 Å². The van der Waals surface area contributed by atoms with Gasteiger partial charge in [0.2, 0.25) is 0 Å². The van der Waals surface area contributed by atoms with Crippen molar-refractivity contribution in [2.45, 2.75) is 64.0 Å². The minimum Gasteiger partial charge on any atom is -0.397 e. The van der Waals surface area contributed by atoms with Crippen LogP contribution in [0.3, 0.4) is 0 Å². The van der Waals surface area contributed by atoms with E-state index >= 15 is 0 Å². The summed E-state index contributed by atoms with van der Waals surface area (Å²) in [4.78, 5) is 15.3. The van der Waals surface area contributed by atoms with Crippen LogP contribution in [0.1, 0.15) is 62.7 Å². The molecule has 1 amide bonds. The second-order valence-corrected chi connectivity index (χ2v) is 8.62. The minimum absolute atomic E-state index is 0.0451. The fourth-order valence-electron chi connectivity index (χ4n) is 4.16. The number of amides is 1. The number of rotatable bonds is 4. The van der Waals surface area contributed by atoms with Gasteiger partial charge < -0.3 is 26.4 Å². The maximum atomic E-state index is 13.1. The number of anilines is 3. The molecule has 2 fully saturated rings. The van der Waals surface area contributed by atoms with Gasteiger partial charge in [0, 0.05) is 26.2 Å². The quantitative estimate of drug-likeness (QED) is 0.608. The molecular formula is C21H34N4O2. The minimum atomic E-state index is -0.628. The number of benzene rings is 1. The van der Waals surface area contributed by atoms with Crippen LogP contribution in [0.2, 0.25) is 0 Å². The van der Waals surface area contributed by atoms with E-state index in [2.05, 4.69) is 22.5 Å². The Balaban J connectivity index is 1.82. The van der Waals surface area contributed by atoms with Crippen LogP contribution < -0.4 is 21.3 Å². The Morgan fingerprint density at radius 3 is 2.44 bits per heavy atom. The summed E-state index contributed by atoms with van der Waals surface area (Å²) in [5, 5.41) is 16.6. The molecule has 0 atom stereocenters. The number of carbonyl (C=O) groups excluding carboxylic acids is 1. The van der Waals surface area contributed by atoms with Crippen LogP contribution in [0, 0.1) is 5.92 Å². The number of piperidine rings is 1. The van der Waals surface area contributed by atoms with Crippen LogP contribution in [-0.2, 0) is 0 Å². The van der Waals surface area contributed by atoms with Crippen molar-refractivity contribution < 1.29 is 9.90 Å². The Morgan fingerprint density at radius 1 is 1.22 bits per heavy atom. The number of nitrogens with zero attached hydrogens (tertiary/aromatic N) is 1. The summed E-state index contributed by atoms with van der Waals surface area (Å²) < 4.78 is 0. The van der Waals surface area contributed by atoms with Gasteiger partial charge in [-0.05, 0) is 63.5 Å². The van der Waals surface area contributed by atoms with Gasteiger partial charge in [-0.3, -0.25) is 4.79 Å². The summed E-state index contributed by atoms with van der Waals surface area (Å²) in [7, 11) is 1.83. The molecule has 27 heavy (non-hydrogen) atoms. The monoisotopic (exact) mass is 374 g/mol. The zero-order valence-corrected chi connectivity index (χ0v) is 16.8. The summed E-state index contributed by atoms with van der Waals surface area (Å²) in [5.41, 5.74) is 8.46. The molecule has 1 aliphatic heterocycles. The number of aliphatic hydroxyl groups is 1. The van der Waals surface area contributed by atoms with Gasteiger partial charge in [-0.15, -0.1) is 0 Å². The number of hydrogen-bond donors (Lipinski definition) is 4. The van der Waals surface area contributed by atoms with Gasteiger partial charge >= 0.3 is 0 Å². The van der Waals surface area contributed by atoms with E-state index in [1.165, 1.54) is 12.8 Å². The molecular weight excluding hydrogens is 340 g/mol. The zero-order chi connectivity index (χ0) is 19.6. The molecule has 1 aliphatic carbocycles. The topological polar surface area (TPSA) is 90.6 Å². The highest BCUT2D eigenvalue weighted by atomic mass is 16.3. The van der Waals surface area contributed by atoms with Crippen LogP contribution in [0.25, 0.3) is 0 Å². The van der Waals surface area contributed by atoms with Crippen LogP contribution in [0.4, 0.5) is 17.1 Å². The summed E-state index contributed by atoms with van der Waals surface area (Å²) in [6.45, 7) is 5.60. The molecule has 1 heterocycles. The molecule has 5 N–H and O–H groups in total. The molecule has 1 aromatic rings. The second-order valence-electron chi connectivity index (χ2n) is 8.62. The lowest BCUT2D eigenvalue weighted by atomic mass is 9.87. The van der Waals surface area contributed by atoms with Crippen molar-refractivity contribution in [3.8, 4) is 0 Å². The molecule has 6 heteroatoms. The first-order valence-corrected chi connectivity index (χ1v) is 10.2. The second kappa shape index (κ2) is 7.97. The van der Waals surface area contributed by atoms with Crippen molar-refractivity contribution >= 4 is 23.0 Å². The third-order valence-corrected chi connectivity index (χ3v) is 6.21. The summed E-state index contributed by atoms with van der Waals surface area (Å²) in [6.07, 6.45) is 5.79. The Labute approximate surface area is 162 Å². The Morgan fingerprint density at radius 2 is 1.85 bits per heavy atom. The van der Waals surface area contributed by atoms with Gasteiger partial charge in [0.1, 0.15) is 0 Å². The fourth-order valence-corrected chi connectivity index (χ4v) is 4.16. The summed E-state index contributed by atoms with van der Waals surface area (Å²) >= 11 is 0. The first-order valence-electron chi connectivity index (χ1n) is 10.2. The molecule has 0 radical (unpaired) electrons. The van der Waals surface area contributed by atoms with Crippen LogP contribution in [0.15, 0.2) is 12.1 Å². The average Bonchev–Trinajstić information content (AvgIpc) is 2.63. The van der Waals surface area contributed by atoms with Crippen molar-refractivity contribution in [1.82, 2.24) is 5.32 Å². The Kier molecular flexibility index (Phi) is 5.84. The highest BCUT2D eigenvalue weighted by molar-refractivity contribution is 6.02. The fraction of sp³-hybridized carbons (Fsp3) is 0.667. The Hall–Kier alpha value is -1.95. The highest BCUT2D eigenvalue weighted by Crippen LogP contribution is 2.34. The van der Waals surface area contributed by atoms with Gasteiger partial charge in [0.15, 0.2) is 0 Å². The molecule has 2 aliphatic rings. The smallest absolute Gasteiger partial charge is 0.253 e. The molecule has 150 valence electrons. The van der Waals surface area contributed by atoms with Gasteiger partial charge in [-0.2, -0.15) is 0 Å². The highest BCUT2D eigenvalue weighted by Gasteiger charge is 2.30. The van der Waals surface area contributed by atoms with Gasteiger partial charge in [0.25, 0.3) is 5.91 Å². The number of nitrogens with one attached hydrogen (secondary N) is 2. The lowest BCUT2D eigenvalue weighted by molar-refractivity contribution is 0.0351. The third kappa shape index (κ3) is 4.67.